The van der Waals surface area contributed by atoms with Crippen LogP contribution >= 0.6 is 22.9 Å². The molecule has 27 heavy (non-hydrogen) atoms. The van der Waals surface area contributed by atoms with Gasteiger partial charge in [0.25, 0.3) is 5.91 Å². The summed E-state index contributed by atoms with van der Waals surface area (Å²) in [7, 11) is 0. The zero-order chi connectivity index (χ0) is 19.6. The van der Waals surface area contributed by atoms with Gasteiger partial charge in [0.15, 0.2) is 4.80 Å². The average Bonchev–Trinajstić information content (AvgIpc) is 2.92. The molecule has 0 bridgehead atoms. The summed E-state index contributed by atoms with van der Waals surface area (Å²) in [5.74, 6) is -0.819. The molecule has 0 N–H and O–H groups in total. The molecule has 0 radical (unpaired) electrons. The van der Waals surface area contributed by atoms with E-state index in [1.165, 1.54) is 11.3 Å². The summed E-state index contributed by atoms with van der Waals surface area (Å²) in [6.07, 6.45) is 0. The van der Waals surface area contributed by atoms with Crippen molar-refractivity contribution in [2.24, 2.45) is 4.99 Å². The molecule has 5 nitrogen and oxygen atoms in total. The number of halogens is 1. The third kappa shape index (κ3) is 4.12. The number of amides is 1. The Morgan fingerprint density at radius 1 is 1.19 bits per heavy atom. The van der Waals surface area contributed by atoms with E-state index in [0.29, 0.717) is 22.0 Å². The molecule has 0 aliphatic rings. The molecule has 2 aromatic carbocycles. The maximum Gasteiger partial charge on any atom is 0.326 e. The number of ether oxygens (including phenoxy) is 1. The molecule has 3 rings (SSSR count). The van der Waals surface area contributed by atoms with Crippen molar-refractivity contribution in [3.8, 4) is 0 Å². The van der Waals surface area contributed by atoms with Crippen LogP contribution in [0.25, 0.3) is 10.2 Å². The van der Waals surface area contributed by atoms with Crippen LogP contribution in [-0.2, 0) is 16.1 Å². The quantitative estimate of drug-likeness (QED) is 0.612. The summed E-state index contributed by atoms with van der Waals surface area (Å²) in [4.78, 5) is 29.4. The van der Waals surface area contributed by atoms with E-state index in [9.17, 15) is 9.59 Å². The second-order valence-electron chi connectivity index (χ2n) is 6.08. The van der Waals surface area contributed by atoms with E-state index in [1.807, 2.05) is 26.0 Å². The third-order valence-corrected chi connectivity index (χ3v) is 5.56. The summed E-state index contributed by atoms with van der Waals surface area (Å²) in [6.45, 7) is 6.08. The van der Waals surface area contributed by atoms with E-state index in [4.69, 9.17) is 16.3 Å². The number of aromatic nitrogens is 1. The minimum absolute atomic E-state index is 0.00895. The first kappa shape index (κ1) is 19.3. The smallest absolute Gasteiger partial charge is 0.326 e. The van der Waals surface area contributed by atoms with Gasteiger partial charge in [-0.25, -0.2) is 0 Å². The highest BCUT2D eigenvalue weighted by Gasteiger charge is 2.15. The van der Waals surface area contributed by atoms with Crippen LogP contribution in [0, 0.1) is 13.8 Å². The standard InChI is InChI=1S/C20H19ClN2O3S/c1-4-26-18(24)11-23-16-9-12(2)13(3)10-17(16)27-20(23)22-19(25)14-7-5-6-8-15(14)21/h5-10H,4,11H2,1-3H3. The fraction of sp³-hybridized carbons (Fsp3) is 0.250. The Morgan fingerprint density at radius 3 is 2.59 bits per heavy atom. The van der Waals surface area contributed by atoms with Crippen molar-refractivity contribution in [2.45, 2.75) is 27.3 Å². The third-order valence-electron chi connectivity index (χ3n) is 4.19. The van der Waals surface area contributed by atoms with Crippen LogP contribution in [-0.4, -0.2) is 23.1 Å². The predicted octanol–water partition coefficient (Wildman–Crippen LogP) is 4.28. The number of carbonyl (C=O) groups excluding carboxylic acids is 2. The lowest BCUT2D eigenvalue weighted by molar-refractivity contribution is -0.143. The predicted molar refractivity (Wildman–Crippen MR) is 107 cm³/mol. The molecule has 0 aliphatic heterocycles. The number of esters is 1. The van der Waals surface area contributed by atoms with E-state index >= 15 is 0 Å². The molecule has 1 aromatic heterocycles. The first-order chi connectivity index (χ1) is 12.9. The number of thiazole rings is 1. The molecule has 1 amide bonds. The van der Waals surface area contributed by atoms with Crippen molar-refractivity contribution in [3.63, 3.8) is 0 Å². The Kier molecular flexibility index (Phi) is 5.77. The van der Waals surface area contributed by atoms with E-state index in [1.54, 1.807) is 35.8 Å². The molecule has 0 aliphatic carbocycles. The molecule has 0 saturated heterocycles. The van der Waals surface area contributed by atoms with Crippen molar-refractivity contribution in [1.29, 1.82) is 0 Å². The van der Waals surface area contributed by atoms with Crippen molar-refractivity contribution < 1.29 is 14.3 Å². The Morgan fingerprint density at radius 2 is 1.89 bits per heavy atom. The number of hydrogen-bond donors (Lipinski definition) is 0. The fourth-order valence-electron chi connectivity index (χ4n) is 2.68. The molecular formula is C20H19ClN2O3S. The van der Waals surface area contributed by atoms with Gasteiger partial charge in [-0.15, -0.1) is 0 Å². The second kappa shape index (κ2) is 8.06. The number of fused-ring (bicyclic) bond motifs is 1. The molecule has 0 fully saturated rings. The molecule has 0 spiro atoms. The highest BCUT2D eigenvalue weighted by molar-refractivity contribution is 7.16. The minimum Gasteiger partial charge on any atom is -0.465 e. The van der Waals surface area contributed by atoms with Gasteiger partial charge in [0.2, 0.25) is 0 Å². The number of rotatable bonds is 4. The first-order valence-electron chi connectivity index (χ1n) is 8.50. The summed E-state index contributed by atoms with van der Waals surface area (Å²) in [5, 5.41) is 0.344. The average molecular weight is 403 g/mol. The molecule has 7 heteroatoms. The van der Waals surface area contributed by atoms with Gasteiger partial charge in [-0.3, -0.25) is 9.59 Å². The molecule has 140 valence electrons. The lowest BCUT2D eigenvalue weighted by atomic mass is 10.1. The summed E-state index contributed by atoms with van der Waals surface area (Å²) in [6, 6.07) is 10.8. The van der Waals surface area contributed by atoms with Gasteiger partial charge in [-0.2, -0.15) is 4.99 Å². The van der Waals surface area contributed by atoms with Gasteiger partial charge >= 0.3 is 5.97 Å². The summed E-state index contributed by atoms with van der Waals surface area (Å²) >= 11 is 7.47. The van der Waals surface area contributed by atoms with Crippen LogP contribution < -0.4 is 4.80 Å². The number of hydrogen-bond acceptors (Lipinski definition) is 4. The lowest BCUT2D eigenvalue weighted by Gasteiger charge is -2.06. The van der Waals surface area contributed by atoms with Crippen LogP contribution in [0.15, 0.2) is 41.4 Å². The van der Waals surface area contributed by atoms with Crippen molar-refractivity contribution >= 4 is 45.0 Å². The highest BCUT2D eigenvalue weighted by atomic mass is 35.5. The Balaban J connectivity index is 2.17. The highest BCUT2D eigenvalue weighted by Crippen LogP contribution is 2.22. The minimum atomic E-state index is -0.446. The van der Waals surface area contributed by atoms with Crippen molar-refractivity contribution in [3.05, 3.63) is 62.9 Å². The SMILES string of the molecule is CCOC(=O)Cn1c(=NC(=O)c2ccccc2Cl)sc2cc(C)c(C)cc21. The number of benzene rings is 2. The molecule has 0 saturated carbocycles. The van der Waals surface area contributed by atoms with E-state index < -0.39 is 5.91 Å². The zero-order valence-electron chi connectivity index (χ0n) is 15.3. The lowest BCUT2D eigenvalue weighted by Crippen LogP contribution is -2.23. The number of nitrogens with zero attached hydrogens (tertiary/aromatic N) is 2. The normalized spacial score (nSPS) is 11.8. The molecule has 0 unspecified atom stereocenters. The van der Waals surface area contributed by atoms with Gasteiger partial charge in [-0.1, -0.05) is 35.1 Å². The van der Waals surface area contributed by atoms with Gasteiger partial charge in [0.05, 0.1) is 27.4 Å². The van der Waals surface area contributed by atoms with E-state index in [0.717, 1.165) is 21.3 Å². The number of carbonyl (C=O) groups is 2. The van der Waals surface area contributed by atoms with Gasteiger partial charge in [0, 0.05) is 0 Å². The molecule has 0 atom stereocenters. The Labute approximate surface area is 165 Å². The van der Waals surface area contributed by atoms with Crippen LogP contribution in [0.5, 0.6) is 0 Å². The summed E-state index contributed by atoms with van der Waals surface area (Å²) in [5.41, 5.74) is 3.41. The largest absolute Gasteiger partial charge is 0.465 e. The molecule has 1 heterocycles. The molecule has 3 aromatic rings. The Hall–Kier alpha value is -2.44. The fourth-order valence-corrected chi connectivity index (χ4v) is 4.00. The number of aryl methyl sites for hydroxylation is 2. The summed E-state index contributed by atoms with van der Waals surface area (Å²) < 4.78 is 7.75. The van der Waals surface area contributed by atoms with E-state index in [-0.39, 0.29) is 12.5 Å². The van der Waals surface area contributed by atoms with Crippen LogP contribution in [0.3, 0.4) is 0 Å². The van der Waals surface area contributed by atoms with E-state index in [2.05, 4.69) is 4.99 Å². The van der Waals surface area contributed by atoms with Gasteiger partial charge in [-0.05, 0) is 56.2 Å². The van der Waals surface area contributed by atoms with Crippen molar-refractivity contribution in [2.75, 3.05) is 6.61 Å². The van der Waals surface area contributed by atoms with Gasteiger partial charge in [0.1, 0.15) is 6.54 Å². The monoisotopic (exact) mass is 402 g/mol. The maximum absolute atomic E-state index is 12.6. The van der Waals surface area contributed by atoms with Crippen LogP contribution in [0.2, 0.25) is 5.02 Å². The zero-order valence-corrected chi connectivity index (χ0v) is 16.9. The second-order valence-corrected chi connectivity index (χ2v) is 7.49. The molecular weight excluding hydrogens is 384 g/mol. The van der Waals surface area contributed by atoms with Gasteiger partial charge < -0.3 is 9.30 Å². The van der Waals surface area contributed by atoms with Crippen LogP contribution in [0.4, 0.5) is 0 Å². The van der Waals surface area contributed by atoms with Crippen LogP contribution in [0.1, 0.15) is 28.4 Å². The maximum atomic E-state index is 12.6. The Bertz CT molecular complexity index is 1100. The topological polar surface area (TPSA) is 60.7 Å². The first-order valence-corrected chi connectivity index (χ1v) is 9.70. The van der Waals surface area contributed by atoms with Crippen molar-refractivity contribution in [1.82, 2.24) is 4.57 Å².